The molecule has 2 aromatic carbocycles. The van der Waals surface area contributed by atoms with Crippen LogP contribution in [0.5, 0.6) is 5.75 Å². The van der Waals surface area contributed by atoms with Gasteiger partial charge in [0.25, 0.3) is 0 Å². The standard InChI is InChI=1S/C17H17N3O/c1-12-4-5-13-11-18-19-17(16(13)10-12)20(2)14-6-8-15(21-3)9-7-14/h4-11H,1-3H3. The highest BCUT2D eigenvalue weighted by atomic mass is 16.5. The van der Waals surface area contributed by atoms with Gasteiger partial charge in [-0.25, -0.2) is 0 Å². The van der Waals surface area contributed by atoms with E-state index in [0.29, 0.717) is 0 Å². The summed E-state index contributed by atoms with van der Waals surface area (Å²) in [6.45, 7) is 2.08. The Bertz CT molecular complexity index is 769. The molecule has 0 fully saturated rings. The summed E-state index contributed by atoms with van der Waals surface area (Å²) in [5.74, 6) is 1.69. The number of methoxy groups -OCH3 is 1. The molecular formula is C17H17N3O. The summed E-state index contributed by atoms with van der Waals surface area (Å²) >= 11 is 0. The zero-order chi connectivity index (χ0) is 14.8. The van der Waals surface area contributed by atoms with Crippen LogP contribution in [-0.2, 0) is 0 Å². The van der Waals surface area contributed by atoms with Gasteiger partial charge >= 0.3 is 0 Å². The van der Waals surface area contributed by atoms with Gasteiger partial charge in [0.15, 0.2) is 5.82 Å². The summed E-state index contributed by atoms with van der Waals surface area (Å²) in [6.07, 6.45) is 1.79. The first-order valence-electron chi connectivity index (χ1n) is 6.79. The number of fused-ring (bicyclic) bond motifs is 1. The summed E-state index contributed by atoms with van der Waals surface area (Å²) in [5, 5.41) is 10.6. The molecular weight excluding hydrogens is 262 g/mol. The summed E-state index contributed by atoms with van der Waals surface area (Å²) in [5.41, 5.74) is 2.25. The van der Waals surface area contributed by atoms with Gasteiger partial charge in [-0.05, 0) is 37.3 Å². The van der Waals surface area contributed by atoms with Crippen molar-refractivity contribution in [3.05, 3.63) is 54.2 Å². The molecule has 0 bridgehead atoms. The van der Waals surface area contributed by atoms with Crippen molar-refractivity contribution >= 4 is 22.3 Å². The molecule has 1 aromatic heterocycles. The van der Waals surface area contributed by atoms with Crippen molar-refractivity contribution in [2.45, 2.75) is 6.92 Å². The maximum atomic E-state index is 5.19. The van der Waals surface area contributed by atoms with E-state index in [1.165, 1.54) is 5.56 Å². The normalized spacial score (nSPS) is 10.6. The fourth-order valence-electron chi connectivity index (χ4n) is 2.35. The SMILES string of the molecule is COc1ccc(N(C)c2nncc3ccc(C)cc23)cc1. The summed E-state index contributed by atoms with van der Waals surface area (Å²) < 4.78 is 5.19. The lowest BCUT2D eigenvalue weighted by Crippen LogP contribution is -2.12. The second kappa shape index (κ2) is 5.40. The lowest BCUT2D eigenvalue weighted by atomic mass is 10.1. The highest BCUT2D eigenvalue weighted by Crippen LogP contribution is 2.29. The Kier molecular flexibility index (Phi) is 3.44. The molecule has 0 aliphatic rings. The third-order valence-electron chi connectivity index (χ3n) is 3.58. The fraction of sp³-hybridized carbons (Fsp3) is 0.176. The number of hydrogen-bond acceptors (Lipinski definition) is 4. The van der Waals surface area contributed by atoms with Crippen LogP contribution in [-0.4, -0.2) is 24.4 Å². The first-order chi connectivity index (χ1) is 10.2. The molecule has 0 aliphatic carbocycles. The Morgan fingerprint density at radius 3 is 2.52 bits per heavy atom. The van der Waals surface area contributed by atoms with Crippen LogP contribution in [0.15, 0.2) is 48.7 Å². The lowest BCUT2D eigenvalue weighted by molar-refractivity contribution is 0.415. The molecule has 0 radical (unpaired) electrons. The predicted molar refractivity (Wildman–Crippen MR) is 85.3 cm³/mol. The Morgan fingerprint density at radius 2 is 1.81 bits per heavy atom. The minimum Gasteiger partial charge on any atom is -0.497 e. The van der Waals surface area contributed by atoms with Crippen molar-refractivity contribution in [3.63, 3.8) is 0 Å². The quantitative estimate of drug-likeness (QED) is 0.732. The molecule has 3 aromatic rings. The molecule has 4 nitrogen and oxygen atoms in total. The summed E-state index contributed by atoms with van der Waals surface area (Å²) in [7, 11) is 3.66. The number of anilines is 2. The molecule has 3 rings (SSSR count). The molecule has 21 heavy (non-hydrogen) atoms. The van der Waals surface area contributed by atoms with Crippen molar-refractivity contribution < 1.29 is 4.74 Å². The number of aryl methyl sites for hydroxylation is 1. The predicted octanol–water partition coefficient (Wildman–Crippen LogP) is 3.71. The van der Waals surface area contributed by atoms with Crippen molar-refractivity contribution in [2.75, 3.05) is 19.1 Å². The smallest absolute Gasteiger partial charge is 0.163 e. The van der Waals surface area contributed by atoms with Gasteiger partial charge in [-0.15, -0.1) is 5.10 Å². The molecule has 0 amide bonds. The Hall–Kier alpha value is -2.62. The summed E-state index contributed by atoms with van der Waals surface area (Å²) in [4.78, 5) is 2.04. The fourth-order valence-corrected chi connectivity index (χ4v) is 2.35. The second-order valence-electron chi connectivity index (χ2n) is 5.02. The number of ether oxygens (including phenoxy) is 1. The molecule has 0 saturated carbocycles. The van der Waals surface area contributed by atoms with Gasteiger partial charge in [0.1, 0.15) is 5.75 Å². The van der Waals surface area contributed by atoms with Gasteiger partial charge < -0.3 is 9.64 Å². The number of rotatable bonds is 3. The van der Waals surface area contributed by atoms with E-state index in [1.54, 1.807) is 13.3 Å². The monoisotopic (exact) mass is 279 g/mol. The number of hydrogen-bond donors (Lipinski definition) is 0. The van der Waals surface area contributed by atoms with Crippen molar-refractivity contribution in [2.24, 2.45) is 0 Å². The molecule has 0 atom stereocenters. The second-order valence-corrected chi connectivity index (χ2v) is 5.02. The van der Waals surface area contributed by atoms with Gasteiger partial charge in [0.2, 0.25) is 0 Å². The number of benzene rings is 2. The van der Waals surface area contributed by atoms with Crippen LogP contribution in [0.4, 0.5) is 11.5 Å². The first-order valence-corrected chi connectivity index (χ1v) is 6.79. The van der Waals surface area contributed by atoms with E-state index in [4.69, 9.17) is 4.74 Å². The van der Waals surface area contributed by atoms with E-state index >= 15 is 0 Å². The van der Waals surface area contributed by atoms with Crippen LogP contribution in [0.3, 0.4) is 0 Å². The Morgan fingerprint density at radius 1 is 1.05 bits per heavy atom. The van der Waals surface area contributed by atoms with Gasteiger partial charge in [-0.1, -0.05) is 17.7 Å². The van der Waals surface area contributed by atoms with Gasteiger partial charge in [0.05, 0.1) is 13.3 Å². The largest absolute Gasteiger partial charge is 0.497 e. The zero-order valence-corrected chi connectivity index (χ0v) is 12.4. The maximum absolute atomic E-state index is 5.19. The van der Waals surface area contributed by atoms with Crippen LogP contribution < -0.4 is 9.64 Å². The van der Waals surface area contributed by atoms with Crippen molar-refractivity contribution in [1.82, 2.24) is 10.2 Å². The molecule has 4 heteroatoms. The third kappa shape index (κ3) is 2.52. The van der Waals surface area contributed by atoms with Gasteiger partial charge in [0, 0.05) is 23.5 Å². The van der Waals surface area contributed by atoms with Crippen LogP contribution in [0.1, 0.15) is 5.56 Å². The van der Waals surface area contributed by atoms with Crippen LogP contribution in [0.2, 0.25) is 0 Å². The van der Waals surface area contributed by atoms with Crippen molar-refractivity contribution in [1.29, 1.82) is 0 Å². The molecule has 0 unspecified atom stereocenters. The minimum absolute atomic E-state index is 0.840. The highest BCUT2D eigenvalue weighted by molar-refractivity contribution is 5.93. The minimum atomic E-state index is 0.840. The Balaban J connectivity index is 2.08. The zero-order valence-electron chi connectivity index (χ0n) is 12.4. The topological polar surface area (TPSA) is 38.2 Å². The molecule has 0 spiro atoms. The molecule has 0 aliphatic heterocycles. The first kappa shape index (κ1) is 13.4. The van der Waals surface area contributed by atoms with E-state index in [9.17, 15) is 0 Å². The lowest BCUT2D eigenvalue weighted by Gasteiger charge is -2.19. The average molecular weight is 279 g/mol. The maximum Gasteiger partial charge on any atom is 0.163 e. The van der Waals surface area contributed by atoms with Crippen molar-refractivity contribution in [3.8, 4) is 5.75 Å². The van der Waals surface area contributed by atoms with Gasteiger partial charge in [-0.2, -0.15) is 5.10 Å². The van der Waals surface area contributed by atoms with E-state index in [-0.39, 0.29) is 0 Å². The number of aromatic nitrogens is 2. The van der Waals surface area contributed by atoms with E-state index in [1.807, 2.05) is 36.2 Å². The summed E-state index contributed by atoms with van der Waals surface area (Å²) in [6, 6.07) is 14.2. The Labute approximate surface area is 124 Å². The molecule has 106 valence electrons. The van der Waals surface area contributed by atoms with Crippen LogP contribution >= 0.6 is 0 Å². The molecule has 0 saturated heterocycles. The number of nitrogens with zero attached hydrogens (tertiary/aromatic N) is 3. The van der Waals surface area contributed by atoms with Crippen LogP contribution in [0, 0.1) is 6.92 Å². The molecule has 1 heterocycles. The van der Waals surface area contributed by atoms with Gasteiger partial charge in [-0.3, -0.25) is 0 Å². The van der Waals surface area contributed by atoms with E-state index in [2.05, 4.69) is 35.3 Å². The average Bonchev–Trinajstić information content (AvgIpc) is 2.53. The van der Waals surface area contributed by atoms with E-state index in [0.717, 1.165) is 28.0 Å². The highest BCUT2D eigenvalue weighted by Gasteiger charge is 2.10. The molecule has 0 N–H and O–H groups in total. The third-order valence-corrected chi connectivity index (χ3v) is 3.58. The van der Waals surface area contributed by atoms with E-state index < -0.39 is 0 Å². The van der Waals surface area contributed by atoms with Crippen LogP contribution in [0.25, 0.3) is 10.8 Å².